The Kier molecular flexibility index (Phi) is 5.78. The summed E-state index contributed by atoms with van der Waals surface area (Å²) in [6.45, 7) is 1.76. The highest BCUT2D eigenvalue weighted by atomic mass is 16.5. The minimum atomic E-state index is -0.217. The van der Waals surface area contributed by atoms with E-state index in [4.69, 9.17) is 9.47 Å². The maximum atomic E-state index is 12.0. The summed E-state index contributed by atoms with van der Waals surface area (Å²) >= 11 is 0. The number of hydrogen-bond donors (Lipinski definition) is 2. The van der Waals surface area contributed by atoms with E-state index in [2.05, 4.69) is 10.5 Å². The summed E-state index contributed by atoms with van der Waals surface area (Å²) in [5, 5.41) is 13.7. The minimum absolute atomic E-state index is 0.0533. The maximum absolute atomic E-state index is 12.0. The molecule has 0 fully saturated rings. The zero-order valence-electron chi connectivity index (χ0n) is 13.9. The van der Waals surface area contributed by atoms with Gasteiger partial charge in [0.25, 0.3) is 0 Å². The van der Waals surface area contributed by atoms with Crippen LogP contribution in [0.1, 0.15) is 18.1 Å². The molecule has 2 aromatic rings. The van der Waals surface area contributed by atoms with E-state index < -0.39 is 0 Å². The summed E-state index contributed by atoms with van der Waals surface area (Å²) in [5.41, 5.74) is 4.75. The van der Waals surface area contributed by atoms with Crippen LogP contribution in [0.2, 0.25) is 0 Å². The first-order valence-electron chi connectivity index (χ1n) is 7.37. The fraction of sp³-hybridized carbons (Fsp3) is 0.222. The Bertz CT molecular complexity index is 739. The van der Waals surface area contributed by atoms with Crippen molar-refractivity contribution in [3.63, 3.8) is 0 Å². The highest BCUT2D eigenvalue weighted by molar-refractivity contribution is 5.99. The molecule has 2 rings (SSSR count). The first kappa shape index (κ1) is 17.3. The molecule has 24 heavy (non-hydrogen) atoms. The van der Waals surface area contributed by atoms with Gasteiger partial charge in [0, 0.05) is 5.56 Å². The zero-order chi connectivity index (χ0) is 17.5. The molecule has 2 aromatic carbocycles. The van der Waals surface area contributed by atoms with Crippen molar-refractivity contribution in [2.45, 2.75) is 13.3 Å². The van der Waals surface area contributed by atoms with Gasteiger partial charge in [0.05, 0.1) is 26.4 Å². The number of methoxy groups -OCH3 is 2. The van der Waals surface area contributed by atoms with Crippen LogP contribution >= 0.6 is 0 Å². The predicted octanol–water partition coefficient (Wildman–Crippen LogP) is 2.49. The summed E-state index contributed by atoms with van der Waals surface area (Å²) in [7, 11) is 3.07. The SMILES string of the molecule is COc1ccc(CC(=O)N/N=C(\C)c2ccc(O)c(OC)c2)cc1. The number of hydrogen-bond acceptors (Lipinski definition) is 5. The normalized spacial score (nSPS) is 11.0. The van der Waals surface area contributed by atoms with Gasteiger partial charge in [-0.1, -0.05) is 12.1 Å². The lowest BCUT2D eigenvalue weighted by molar-refractivity contribution is -0.120. The lowest BCUT2D eigenvalue weighted by Gasteiger charge is -2.07. The Morgan fingerprint density at radius 2 is 1.83 bits per heavy atom. The molecule has 0 unspecified atom stereocenters. The molecule has 0 aliphatic heterocycles. The van der Waals surface area contributed by atoms with Gasteiger partial charge < -0.3 is 14.6 Å². The van der Waals surface area contributed by atoms with Gasteiger partial charge in [0.15, 0.2) is 11.5 Å². The topological polar surface area (TPSA) is 80.2 Å². The van der Waals surface area contributed by atoms with Crippen LogP contribution in [0.4, 0.5) is 0 Å². The predicted molar refractivity (Wildman–Crippen MR) is 91.7 cm³/mol. The third kappa shape index (κ3) is 4.49. The smallest absolute Gasteiger partial charge is 0.244 e. The van der Waals surface area contributed by atoms with Crippen LogP contribution in [0.3, 0.4) is 0 Å². The van der Waals surface area contributed by atoms with Crippen LogP contribution in [-0.2, 0) is 11.2 Å². The van der Waals surface area contributed by atoms with E-state index in [1.807, 2.05) is 12.1 Å². The molecular formula is C18H20N2O4. The quantitative estimate of drug-likeness (QED) is 0.631. The summed E-state index contributed by atoms with van der Waals surface area (Å²) in [5.74, 6) is 0.934. The lowest BCUT2D eigenvalue weighted by atomic mass is 10.1. The summed E-state index contributed by atoms with van der Waals surface area (Å²) in [6.07, 6.45) is 0.222. The van der Waals surface area contributed by atoms with E-state index in [1.165, 1.54) is 13.2 Å². The number of benzene rings is 2. The monoisotopic (exact) mass is 328 g/mol. The van der Waals surface area contributed by atoms with Crippen molar-refractivity contribution in [1.29, 1.82) is 0 Å². The molecule has 0 atom stereocenters. The van der Waals surface area contributed by atoms with Crippen LogP contribution in [0.5, 0.6) is 17.2 Å². The first-order valence-corrected chi connectivity index (χ1v) is 7.37. The van der Waals surface area contributed by atoms with Gasteiger partial charge in [-0.3, -0.25) is 4.79 Å². The lowest BCUT2D eigenvalue weighted by Crippen LogP contribution is -2.21. The third-order valence-electron chi connectivity index (χ3n) is 3.47. The molecule has 6 heteroatoms. The number of ether oxygens (including phenoxy) is 2. The minimum Gasteiger partial charge on any atom is -0.504 e. The van der Waals surface area contributed by atoms with Gasteiger partial charge in [-0.2, -0.15) is 5.10 Å². The van der Waals surface area contributed by atoms with Crippen LogP contribution in [0.25, 0.3) is 0 Å². The molecule has 0 saturated heterocycles. The summed E-state index contributed by atoms with van der Waals surface area (Å²) < 4.78 is 10.1. The van der Waals surface area contributed by atoms with Crippen LogP contribution < -0.4 is 14.9 Å². The third-order valence-corrected chi connectivity index (χ3v) is 3.47. The van der Waals surface area contributed by atoms with Gasteiger partial charge in [0.2, 0.25) is 5.91 Å². The summed E-state index contributed by atoms with van der Waals surface area (Å²) in [6, 6.07) is 12.2. The number of carbonyl (C=O) groups excluding carboxylic acids is 1. The average Bonchev–Trinajstić information content (AvgIpc) is 2.60. The molecule has 0 saturated carbocycles. The molecule has 0 aliphatic carbocycles. The van der Waals surface area contributed by atoms with Crippen molar-refractivity contribution in [3.05, 3.63) is 53.6 Å². The summed E-state index contributed by atoms with van der Waals surface area (Å²) in [4.78, 5) is 12.0. The van der Waals surface area contributed by atoms with Crippen molar-refractivity contribution in [2.24, 2.45) is 5.10 Å². The van der Waals surface area contributed by atoms with Crippen LogP contribution in [0, 0.1) is 0 Å². The second kappa shape index (κ2) is 8.01. The highest BCUT2D eigenvalue weighted by Gasteiger charge is 2.06. The van der Waals surface area contributed by atoms with E-state index in [9.17, 15) is 9.90 Å². The van der Waals surface area contributed by atoms with Crippen LogP contribution in [-0.4, -0.2) is 30.9 Å². The van der Waals surface area contributed by atoms with E-state index in [-0.39, 0.29) is 18.1 Å². The number of nitrogens with one attached hydrogen (secondary N) is 1. The fourth-order valence-electron chi connectivity index (χ4n) is 2.08. The van der Waals surface area contributed by atoms with E-state index >= 15 is 0 Å². The van der Waals surface area contributed by atoms with E-state index in [0.29, 0.717) is 11.5 Å². The van der Waals surface area contributed by atoms with Gasteiger partial charge in [0.1, 0.15) is 5.75 Å². The van der Waals surface area contributed by atoms with Gasteiger partial charge >= 0.3 is 0 Å². The van der Waals surface area contributed by atoms with Gasteiger partial charge in [-0.05, 0) is 42.8 Å². The van der Waals surface area contributed by atoms with E-state index in [0.717, 1.165) is 16.9 Å². The number of phenols is 1. The molecule has 0 spiro atoms. The molecule has 0 aromatic heterocycles. The largest absolute Gasteiger partial charge is 0.504 e. The zero-order valence-corrected chi connectivity index (χ0v) is 13.9. The van der Waals surface area contributed by atoms with Crippen molar-refractivity contribution < 1.29 is 19.4 Å². The standard InChI is InChI=1S/C18H20N2O4/c1-12(14-6-9-16(21)17(11-14)24-3)19-20-18(22)10-13-4-7-15(23-2)8-5-13/h4-9,11,21H,10H2,1-3H3,(H,20,22)/b19-12+. The van der Waals surface area contributed by atoms with Crippen molar-refractivity contribution in [2.75, 3.05) is 14.2 Å². The van der Waals surface area contributed by atoms with Gasteiger partial charge in [-0.25, -0.2) is 5.43 Å². The molecule has 1 amide bonds. The number of carbonyl (C=O) groups is 1. The molecule has 126 valence electrons. The second-order valence-electron chi connectivity index (χ2n) is 5.14. The number of rotatable bonds is 6. The van der Waals surface area contributed by atoms with Crippen molar-refractivity contribution >= 4 is 11.6 Å². The van der Waals surface area contributed by atoms with Crippen molar-refractivity contribution in [1.82, 2.24) is 5.43 Å². The van der Waals surface area contributed by atoms with Gasteiger partial charge in [-0.15, -0.1) is 0 Å². The maximum Gasteiger partial charge on any atom is 0.244 e. The number of aromatic hydroxyl groups is 1. The highest BCUT2D eigenvalue weighted by Crippen LogP contribution is 2.26. The Labute approximate surface area is 140 Å². The molecule has 0 aliphatic rings. The second-order valence-corrected chi connectivity index (χ2v) is 5.14. The number of phenolic OH excluding ortho intramolecular Hbond substituents is 1. The van der Waals surface area contributed by atoms with Crippen molar-refractivity contribution in [3.8, 4) is 17.2 Å². The van der Waals surface area contributed by atoms with E-state index in [1.54, 1.807) is 38.3 Å². The Morgan fingerprint density at radius 1 is 1.12 bits per heavy atom. The molecule has 0 heterocycles. The molecule has 0 bridgehead atoms. The fourth-order valence-corrected chi connectivity index (χ4v) is 2.08. The molecule has 6 nitrogen and oxygen atoms in total. The Morgan fingerprint density at radius 3 is 2.46 bits per heavy atom. The number of amides is 1. The number of hydrazone groups is 1. The number of nitrogens with zero attached hydrogens (tertiary/aromatic N) is 1. The molecule has 0 radical (unpaired) electrons. The Hall–Kier alpha value is -3.02. The molecular weight excluding hydrogens is 308 g/mol. The first-order chi connectivity index (χ1) is 11.5. The van der Waals surface area contributed by atoms with Crippen LogP contribution in [0.15, 0.2) is 47.6 Å². The average molecular weight is 328 g/mol. The Balaban J connectivity index is 1.99. The molecule has 2 N–H and O–H groups in total.